The van der Waals surface area contributed by atoms with E-state index in [0.717, 1.165) is 37.0 Å². The van der Waals surface area contributed by atoms with E-state index in [4.69, 9.17) is 9.47 Å². The molecule has 0 fully saturated rings. The van der Waals surface area contributed by atoms with E-state index >= 15 is 0 Å². The minimum Gasteiger partial charge on any atom is -0.497 e. The van der Waals surface area contributed by atoms with E-state index in [2.05, 4.69) is 20.7 Å². The normalized spacial score (nSPS) is 12.5. The molecule has 0 radical (unpaired) electrons. The van der Waals surface area contributed by atoms with Crippen LogP contribution in [0, 0.1) is 0 Å². The fourth-order valence-electron chi connectivity index (χ4n) is 2.27. The van der Waals surface area contributed by atoms with Crippen LogP contribution in [0.4, 0.5) is 0 Å². The summed E-state index contributed by atoms with van der Waals surface area (Å²) in [5.41, 5.74) is 0. The summed E-state index contributed by atoms with van der Waals surface area (Å²) in [5, 5.41) is 10.7. The molecular formula is C18H27N5O2. The van der Waals surface area contributed by atoms with Gasteiger partial charge in [-0.2, -0.15) is 5.10 Å². The van der Waals surface area contributed by atoms with E-state index in [1.807, 2.05) is 48.1 Å². The summed E-state index contributed by atoms with van der Waals surface area (Å²) in [5.74, 6) is 2.40. The average Bonchev–Trinajstić information content (AvgIpc) is 3.15. The van der Waals surface area contributed by atoms with Gasteiger partial charge in [-0.3, -0.25) is 9.67 Å². The molecule has 136 valence electrons. The zero-order chi connectivity index (χ0) is 17.9. The highest BCUT2D eigenvalue weighted by Crippen LogP contribution is 2.17. The highest BCUT2D eigenvalue weighted by molar-refractivity contribution is 5.79. The monoisotopic (exact) mass is 345 g/mol. The maximum absolute atomic E-state index is 5.87. The van der Waals surface area contributed by atoms with Gasteiger partial charge >= 0.3 is 0 Å². The zero-order valence-corrected chi connectivity index (χ0v) is 15.1. The molecule has 0 saturated heterocycles. The highest BCUT2D eigenvalue weighted by Gasteiger charge is 2.06. The van der Waals surface area contributed by atoms with E-state index in [9.17, 15) is 0 Å². The molecule has 0 bridgehead atoms. The van der Waals surface area contributed by atoms with Crippen molar-refractivity contribution in [3.05, 3.63) is 42.7 Å². The second-order valence-corrected chi connectivity index (χ2v) is 5.61. The molecule has 2 N–H and O–H groups in total. The highest BCUT2D eigenvalue weighted by atomic mass is 16.5. The lowest BCUT2D eigenvalue weighted by molar-refractivity contribution is 0.223. The molecule has 1 unspecified atom stereocenters. The van der Waals surface area contributed by atoms with Crippen molar-refractivity contribution in [3.63, 3.8) is 0 Å². The van der Waals surface area contributed by atoms with E-state index in [-0.39, 0.29) is 6.10 Å². The third-order valence-electron chi connectivity index (χ3n) is 3.59. The number of aryl methyl sites for hydroxylation is 1. The molecule has 0 aliphatic rings. The Hall–Kier alpha value is -2.70. The number of aromatic nitrogens is 2. The molecule has 1 aromatic heterocycles. The molecule has 2 rings (SSSR count). The van der Waals surface area contributed by atoms with Crippen LogP contribution in [0.1, 0.15) is 13.3 Å². The maximum Gasteiger partial charge on any atom is 0.191 e. The van der Waals surface area contributed by atoms with Gasteiger partial charge in [0.2, 0.25) is 0 Å². The van der Waals surface area contributed by atoms with Crippen LogP contribution in [0.5, 0.6) is 11.5 Å². The van der Waals surface area contributed by atoms with Gasteiger partial charge in [-0.15, -0.1) is 0 Å². The molecule has 25 heavy (non-hydrogen) atoms. The van der Waals surface area contributed by atoms with E-state index in [1.54, 1.807) is 20.4 Å². The number of aliphatic imine (C=N–C) groups is 1. The van der Waals surface area contributed by atoms with Crippen molar-refractivity contribution in [1.29, 1.82) is 0 Å². The molecule has 1 heterocycles. The van der Waals surface area contributed by atoms with Crippen LogP contribution in [0.25, 0.3) is 0 Å². The third-order valence-corrected chi connectivity index (χ3v) is 3.59. The van der Waals surface area contributed by atoms with E-state index < -0.39 is 0 Å². The second-order valence-electron chi connectivity index (χ2n) is 5.61. The molecular weight excluding hydrogens is 318 g/mol. The van der Waals surface area contributed by atoms with Crippen LogP contribution in [0.15, 0.2) is 47.7 Å². The van der Waals surface area contributed by atoms with Crippen LogP contribution in [0.3, 0.4) is 0 Å². The molecule has 7 heteroatoms. The number of rotatable bonds is 9. The van der Waals surface area contributed by atoms with Crippen molar-refractivity contribution >= 4 is 5.96 Å². The summed E-state index contributed by atoms with van der Waals surface area (Å²) in [7, 11) is 3.41. The van der Waals surface area contributed by atoms with Crippen molar-refractivity contribution in [3.8, 4) is 11.5 Å². The lowest BCUT2D eigenvalue weighted by Crippen LogP contribution is -2.42. The van der Waals surface area contributed by atoms with Gasteiger partial charge in [-0.05, 0) is 43.7 Å². The predicted molar refractivity (Wildman–Crippen MR) is 99.3 cm³/mol. The lowest BCUT2D eigenvalue weighted by Gasteiger charge is -2.18. The third kappa shape index (κ3) is 6.74. The number of benzene rings is 1. The number of hydrogen-bond donors (Lipinski definition) is 2. The van der Waals surface area contributed by atoms with Crippen LogP contribution >= 0.6 is 0 Å². The van der Waals surface area contributed by atoms with Gasteiger partial charge in [0.1, 0.15) is 17.6 Å². The fraction of sp³-hybridized carbons (Fsp3) is 0.444. The summed E-state index contributed by atoms with van der Waals surface area (Å²) in [4.78, 5) is 4.22. The van der Waals surface area contributed by atoms with Crippen LogP contribution in [0.2, 0.25) is 0 Å². The van der Waals surface area contributed by atoms with Gasteiger partial charge in [0.15, 0.2) is 5.96 Å². The molecule has 0 aliphatic heterocycles. The van der Waals surface area contributed by atoms with Crippen LogP contribution in [-0.2, 0) is 6.54 Å². The van der Waals surface area contributed by atoms with Crippen molar-refractivity contribution < 1.29 is 9.47 Å². The second kappa shape index (κ2) is 10.2. The Morgan fingerprint density at radius 1 is 1.24 bits per heavy atom. The van der Waals surface area contributed by atoms with Gasteiger partial charge in [0, 0.05) is 32.5 Å². The molecule has 1 atom stereocenters. The summed E-state index contributed by atoms with van der Waals surface area (Å²) >= 11 is 0. The summed E-state index contributed by atoms with van der Waals surface area (Å²) < 4.78 is 12.9. The van der Waals surface area contributed by atoms with Crippen LogP contribution in [-0.4, -0.2) is 49.1 Å². The van der Waals surface area contributed by atoms with Gasteiger partial charge in [0.25, 0.3) is 0 Å². The first kappa shape index (κ1) is 18.6. The number of nitrogens with one attached hydrogen (secondary N) is 2. The number of guanidine groups is 1. The minimum atomic E-state index is 0.0102. The first-order valence-electron chi connectivity index (χ1n) is 8.44. The molecule has 7 nitrogen and oxygen atoms in total. The smallest absolute Gasteiger partial charge is 0.191 e. The molecule has 0 spiro atoms. The van der Waals surface area contributed by atoms with Crippen LogP contribution < -0.4 is 20.1 Å². The average molecular weight is 345 g/mol. The Balaban J connectivity index is 1.64. The molecule has 0 amide bonds. The van der Waals surface area contributed by atoms with Gasteiger partial charge in [0.05, 0.1) is 13.7 Å². The maximum atomic E-state index is 5.87. The molecule has 1 aromatic carbocycles. The first-order valence-corrected chi connectivity index (χ1v) is 8.44. The fourth-order valence-corrected chi connectivity index (χ4v) is 2.27. The number of nitrogens with zero attached hydrogens (tertiary/aromatic N) is 3. The van der Waals surface area contributed by atoms with Gasteiger partial charge in [-0.25, -0.2) is 0 Å². The zero-order valence-electron chi connectivity index (χ0n) is 15.1. The Morgan fingerprint density at radius 2 is 2.00 bits per heavy atom. The first-order chi connectivity index (χ1) is 12.2. The number of hydrogen-bond acceptors (Lipinski definition) is 4. The van der Waals surface area contributed by atoms with Gasteiger partial charge < -0.3 is 20.1 Å². The predicted octanol–water partition coefficient (Wildman–Crippen LogP) is 1.91. The Labute approximate surface area is 149 Å². The number of ether oxygens (including phenoxy) is 2. The van der Waals surface area contributed by atoms with E-state index in [1.165, 1.54) is 0 Å². The van der Waals surface area contributed by atoms with Crippen molar-refractivity contribution in [2.45, 2.75) is 26.0 Å². The lowest BCUT2D eigenvalue weighted by atomic mass is 10.3. The SMILES string of the molecule is CN=C(NCCCn1cccn1)NCC(C)Oc1ccc(OC)cc1. The summed E-state index contributed by atoms with van der Waals surface area (Å²) in [6.07, 6.45) is 4.74. The summed E-state index contributed by atoms with van der Waals surface area (Å²) in [6, 6.07) is 9.50. The summed E-state index contributed by atoms with van der Waals surface area (Å²) in [6.45, 7) is 4.38. The van der Waals surface area contributed by atoms with Crippen molar-refractivity contribution in [1.82, 2.24) is 20.4 Å². The van der Waals surface area contributed by atoms with Crippen molar-refractivity contribution in [2.24, 2.45) is 4.99 Å². The van der Waals surface area contributed by atoms with E-state index in [0.29, 0.717) is 6.54 Å². The molecule has 0 aliphatic carbocycles. The Bertz CT molecular complexity index is 625. The molecule has 0 saturated carbocycles. The van der Waals surface area contributed by atoms with Crippen molar-refractivity contribution in [2.75, 3.05) is 27.2 Å². The molecule has 2 aromatic rings. The minimum absolute atomic E-state index is 0.0102. The Morgan fingerprint density at radius 3 is 2.64 bits per heavy atom. The largest absolute Gasteiger partial charge is 0.497 e. The topological polar surface area (TPSA) is 72.7 Å². The Kier molecular flexibility index (Phi) is 7.62. The van der Waals surface area contributed by atoms with Gasteiger partial charge in [-0.1, -0.05) is 0 Å². The number of methoxy groups -OCH3 is 1. The standard InChI is InChI=1S/C18H27N5O2/c1-15(25-17-8-6-16(24-3)7-9-17)14-21-18(19-2)20-10-4-12-23-13-5-11-22-23/h5-9,11,13,15H,4,10,12,14H2,1-3H3,(H2,19,20,21). The quantitative estimate of drug-likeness (QED) is 0.413.